The topological polar surface area (TPSA) is 78.0 Å². The van der Waals surface area contributed by atoms with Gasteiger partial charge in [-0.1, -0.05) is 44.7 Å². The zero-order chi connectivity index (χ0) is 17.4. The average Bonchev–Trinajstić information content (AvgIpc) is 2.88. The van der Waals surface area contributed by atoms with Gasteiger partial charge in [0.25, 0.3) is 0 Å². The molecule has 1 aromatic heterocycles. The zero-order valence-corrected chi connectivity index (χ0v) is 15.1. The van der Waals surface area contributed by atoms with Crippen molar-refractivity contribution in [3.63, 3.8) is 0 Å². The van der Waals surface area contributed by atoms with Crippen LogP contribution >= 0.6 is 15.9 Å². The second-order valence-electron chi connectivity index (χ2n) is 5.41. The van der Waals surface area contributed by atoms with Crippen molar-refractivity contribution in [2.75, 3.05) is 11.9 Å². The van der Waals surface area contributed by atoms with Crippen LogP contribution in [-0.4, -0.2) is 28.2 Å². The molecular weight excluding hydrogens is 358 g/mol. The summed E-state index contributed by atoms with van der Waals surface area (Å²) in [6.45, 7) is 10.2. The Morgan fingerprint density at radius 1 is 1.48 bits per heavy atom. The summed E-state index contributed by atoms with van der Waals surface area (Å²) in [7, 11) is 0. The van der Waals surface area contributed by atoms with Crippen LogP contribution in [0.3, 0.4) is 0 Å². The Morgan fingerprint density at radius 3 is 2.57 bits per heavy atom. The summed E-state index contributed by atoms with van der Waals surface area (Å²) >= 11 is 3.30. The van der Waals surface area contributed by atoms with Crippen LogP contribution in [0, 0.1) is 12.8 Å². The number of aromatic nitrogens is 2. The van der Waals surface area contributed by atoms with E-state index < -0.39 is 0 Å². The highest BCUT2D eigenvalue weighted by molar-refractivity contribution is 9.10. The predicted octanol–water partition coefficient (Wildman–Crippen LogP) is 4.01. The van der Waals surface area contributed by atoms with Crippen LogP contribution < -0.4 is 5.32 Å². The third kappa shape index (κ3) is 5.65. The molecule has 5 nitrogen and oxygen atoms in total. The van der Waals surface area contributed by atoms with Gasteiger partial charge in [-0.15, -0.1) is 0 Å². The molecule has 0 radical (unpaired) electrons. The van der Waals surface area contributed by atoms with E-state index in [1.807, 2.05) is 45.0 Å². The summed E-state index contributed by atoms with van der Waals surface area (Å²) in [5, 5.41) is 17.9. The van der Waals surface area contributed by atoms with Crippen molar-refractivity contribution in [3.8, 4) is 0 Å². The van der Waals surface area contributed by atoms with Crippen molar-refractivity contribution in [1.82, 2.24) is 10.2 Å². The van der Waals surface area contributed by atoms with E-state index in [1.165, 1.54) is 0 Å². The SMILES string of the molecule is C=C(Nc1n[nH]c(C=O)c1Br)c1ccccc1C.CC(C)CO. The molecule has 2 aromatic rings. The fourth-order valence-electron chi connectivity index (χ4n) is 1.62. The van der Waals surface area contributed by atoms with E-state index in [0.717, 1.165) is 16.8 Å². The molecule has 0 aliphatic heterocycles. The van der Waals surface area contributed by atoms with Crippen LogP contribution in [-0.2, 0) is 0 Å². The number of hydrogen-bond donors (Lipinski definition) is 3. The Kier molecular flexibility index (Phi) is 7.71. The Labute approximate surface area is 144 Å². The Hall–Kier alpha value is -1.92. The van der Waals surface area contributed by atoms with Gasteiger partial charge < -0.3 is 10.4 Å². The van der Waals surface area contributed by atoms with Crippen LogP contribution in [0.25, 0.3) is 5.70 Å². The zero-order valence-electron chi connectivity index (χ0n) is 13.6. The number of anilines is 1. The van der Waals surface area contributed by atoms with Gasteiger partial charge in [0.2, 0.25) is 0 Å². The first-order valence-electron chi connectivity index (χ1n) is 7.22. The maximum atomic E-state index is 10.7. The molecule has 124 valence electrons. The van der Waals surface area contributed by atoms with E-state index in [-0.39, 0.29) is 0 Å². The molecule has 1 heterocycles. The third-order valence-corrected chi connectivity index (χ3v) is 3.76. The lowest BCUT2D eigenvalue weighted by atomic mass is 10.1. The Balaban J connectivity index is 0.000000463. The number of halogens is 1. The number of aryl methyl sites for hydroxylation is 1. The number of aliphatic hydroxyl groups is 1. The van der Waals surface area contributed by atoms with Gasteiger partial charge in [-0.05, 0) is 34.3 Å². The molecule has 0 saturated carbocycles. The van der Waals surface area contributed by atoms with Gasteiger partial charge in [0.1, 0.15) is 5.69 Å². The average molecular weight is 380 g/mol. The molecule has 2 rings (SSSR count). The lowest BCUT2D eigenvalue weighted by Crippen LogP contribution is -2.00. The summed E-state index contributed by atoms with van der Waals surface area (Å²) in [5.74, 6) is 0.986. The number of H-pyrrole nitrogens is 1. The van der Waals surface area contributed by atoms with E-state index in [9.17, 15) is 4.79 Å². The molecule has 23 heavy (non-hydrogen) atoms. The molecule has 0 spiro atoms. The second kappa shape index (κ2) is 9.27. The van der Waals surface area contributed by atoms with Crippen molar-refractivity contribution >= 4 is 33.7 Å². The van der Waals surface area contributed by atoms with Crippen LogP contribution in [0.4, 0.5) is 5.82 Å². The monoisotopic (exact) mass is 379 g/mol. The van der Waals surface area contributed by atoms with Crippen LogP contribution in [0.1, 0.15) is 35.5 Å². The molecule has 0 bridgehead atoms. The number of aldehydes is 1. The van der Waals surface area contributed by atoms with Crippen molar-refractivity contribution < 1.29 is 9.90 Å². The number of rotatable bonds is 5. The van der Waals surface area contributed by atoms with Gasteiger partial charge in [0.05, 0.1) is 4.47 Å². The van der Waals surface area contributed by atoms with E-state index in [0.29, 0.717) is 34.8 Å². The normalized spacial score (nSPS) is 10.0. The number of nitrogens with one attached hydrogen (secondary N) is 2. The smallest absolute Gasteiger partial charge is 0.169 e. The number of aliphatic hydroxyl groups excluding tert-OH is 1. The Morgan fingerprint density at radius 2 is 2.09 bits per heavy atom. The molecule has 0 saturated heterocycles. The largest absolute Gasteiger partial charge is 0.396 e. The lowest BCUT2D eigenvalue weighted by molar-refractivity contribution is 0.111. The molecule has 0 amide bonds. The number of benzene rings is 1. The summed E-state index contributed by atoms with van der Waals surface area (Å²) in [4.78, 5) is 10.7. The van der Waals surface area contributed by atoms with E-state index in [2.05, 4.69) is 38.0 Å². The molecule has 0 aliphatic rings. The van der Waals surface area contributed by atoms with Crippen molar-refractivity contribution in [3.05, 3.63) is 52.1 Å². The van der Waals surface area contributed by atoms with E-state index in [1.54, 1.807) is 0 Å². The maximum absolute atomic E-state index is 10.7. The van der Waals surface area contributed by atoms with Crippen LogP contribution in [0.15, 0.2) is 35.3 Å². The maximum Gasteiger partial charge on any atom is 0.169 e. The summed E-state index contributed by atoms with van der Waals surface area (Å²) in [5.41, 5.74) is 3.27. The molecule has 0 atom stereocenters. The lowest BCUT2D eigenvalue weighted by Gasteiger charge is -2.10. The van der Waals surface area contributed by atoms with Gasteiger partial charge >= 0.3 is 0 Å². The fourth-order valence-corrected chi connectivity index (χ4v) is 1.99. The highest BCUT2D eigenvalue weighted by Gasteiger charge is 2.11. The van der Waals surface area contributed by atoms with Gasteiger partial charge in [-0.25, -0.2) is 0 Å². The van der Waals surface area contributed by atoms with Crippen LogP contribution in [0.2, 0.25) is 0 Å². The minimum absolute atomic E-state index is 0.306. The highest BCUT2D eigenvalue weighted by Crippen LogP contribution is 2.26. The first-order valence-corrected chi connectivity index (χ1v) is 8.01. The molecule has 6 heteroatoms. The number of hydrogen-bond acceptors (Lipinski definition) is 4. The minimum Gasteiger partial charge on any atom is -0.396 e. The van der Waals surface area contributed by atoms with Gasteiger partial charge in [0.15, 0.2) is 12.1 Å². The van der Waals surface area contributed by atoms with Crippen molar-refractivity contribution in [1.29, 1.82) is 0 Å². The first-order chi connectivity index (χ1) is 10.9. The number of aromatic amines is 1. The standard InChI is InChI=1S/C13H12BrN3O.C4H10O/c1-8-5-3-4-6-10(8)9(2)15-13-12(14)11(7-18)16-17-13;1-4(2)3-5/h3-7H,2H2,1H3,(H2,15,16,17);4-5H,3H2,1-2H3. The van der Waals surface area contributed by atoms with Gasteiger partial charge in [-0.3, -0.25) is 9.89 Å². The van der Waals surface area contributed by atoms with Crippen molar-refractivity contribution in [2.45, 2.75) is 20.8 Å². The van der Waals surface area contributed by atoms with Gasteiger partial charge in [0, 0.05) is 17.9 Å². The minimum atomic E-state index is 0.306. The third-order valence-electron chi connectivity index (χ3n) is 2.96. The summed E-state index contributed by atoms with van der Waals surface area (Å²) in [6, 6.07) is 7.91. The van der Waals surface area contributed by atoms with E-state index in [4.69, 9.17) is 5.11 Å². The van der Waals surface area contributed by atoms with Gasteiger partial charge in [-0.2, -0.15) is 5.10 Å². The fraction of sp³-hybridized carbons (Fsp3) is 0.294. The molecule has 1 aromatic carbocycles. The number of carbonyl (C=O) groups excluding carboxylic acids is 1. The molecular formula is C17H22BrN3O2. The number of nitrogens with zero attached hydrogens (tertiary/aromatic N) is 1. The van der Waals surface area contributed by atoms with E-state index >= 15 is 0 Å². The number of carbonyl (C=O) groups is 1. The first kappa shape index (κ1) is 19.1. The summed E-state index contributed by atoms with van der Waals surface area (Å²) < 4.78 is 0.604. The quantitative estimate of drug-likeness (QED) is 0.685. The molecule has 0 aliphatic carbocycles. The predicted molar refractivity (Wildman–Crippen MR) is 97.4 cm³/mol. The second-order valence-corrected chi connectivity index (χ2v) is 6.21. The molecule has 0 unspecified atom stereocenters. The highest BCUT2D eigenvalue weighted by atomic mass is 79.9. The van der Waals surface area contributed by atoms with Crippen molar-refractivity contribution in [2.24, 2.45) is 5.92 Å². The molecule has 0 fully saturated rings. The summed E-state index contributed by atoms with van der Waals surface area (Å²) in [6.07, 6.45) is 0.707. The molecule has 3 N–H and O–H groups in total. The van der Waals surface area contributed by atoms with Crippen LogP contribution in [0.5, 0.6) is 0 Å². The Bertz CT molecular complexity index is 666.